The summed E-state index contributed by atoms with van der Waals surface area (Å²) in [4.78, 5) is 0. The first kappa shape index (κ1) is 25.2. The third-order valence-electron chi connectivity index (χ3n) is 7.83. The molecule has 0 saturated heterocycles. The van der Waals surface area contributed by atoms with Crippen LogP contribution in [0.15, 0.2) is 96.1 Å². The predicted molar refractivity (Wildman–Crippen MR) is 153 cm³/mol. The van der Waals surface area contributed by atoms with Crippen molar-refractivity contribution in [3.63, 3.8) is 0 Å². The first-order valence-corrected chi connectivity index (χ1v) is 13.4. The van der Waals surface area contributed by atoms with Gasteiger partial charge in [-0.2, -0.15) is 13.2 Å². The van der Waals surface area contributed by atoms with Gasteiger partial charge in [0.05, 0.1) is 0 Å². The SMILES string of the molecule is C1=Cc2ccccc2OC1.CC1C=c2c(ccc3c2=CCC2=C3C=CC(c3ccccc3)C2)C=C1C(F)(F)F. The molecule has 7 rings (SSSR count). The second-order valence-electron chi connectivity index (χ2n) is 10.3. The van der Waals surface area contributed by atoms with Gasteiger partial charge in [-0.15, -0.1) is 0 Å². The van der Waals surface area contributed by atoms with Crippen LogP contribution in [0.1, 0.15) is 47.9 Å². The van der Waals surface area contributed by atoms with Crippen molar-refractivity contribution in [3.8, 4) is 5.75 Å². The summed E-state index contributed by atoms with van der Waals surface area (Å²) in [6.07, 6.45) is 11.4. The van der Waals surface area contributed by atoms with Crippen LogP contribution >= 0.6 is 0 Å². The van der Waals surface area contributed by atoms with Gasteiger partial charge in [-0.3, -0.25) is 0 Å². The van der Waals surface area contributed by atoms with Gasteiger partial charge in [-0.1, -0.05) is 104 Å². The van der Waals surface area contributed by atoms with Crippen LogP contribution in [0.3, 0.4) is 0 Å². The maximum Gasteiger partial charge on any atom is 0.413 e. The highest BCUT2D eigenvalue weighted by Crippen LogP contribution is 2.39. The summed E-state index contributed by atoms with van der Waals surface area (Å²) in [6.45, 7) is 2.33. The Labute approximate surface area is 226 Å². The first-order valence-electron chi connectivity index (χ1n) is 13.4. The summed E-state index contributed by atoms with van der Waals surface area (Å²) in [6, 6.07) is 22.4. The Hall–Kier alpha value is -4.05. The average Bonchev–Trinajstić information content (AvgIpc) is 2.96. The van der Waals surface area contributed by atoms with Crippen LogP contribution < -0.4 is 15.2 Å². The van der Waals surface area contributed by atoms with E-state index in [4.69, 9.17) is 4.74 Å². The average molecular weight is 523 g/mol. The van der Waals surface area contributed by atoms with Crippen molar-refractivity contribution in [3.05, 3.63) is 129 Å². The number of halogens is 3. The number of hydrogen-bond donors (Lipinski definition) is 0. The molecule has 39 heavy (non-hydrogen) atoms. The van der Waals surface area contributed by atoms with Crippen LogP contribution in [0.25, 0.3) is 29.9 Å². The van der Waals surface area contributed by atoms with E-state index in [-0.39, 0.29) is 0 Å². The Kier molecular flexibility index (Phi) is 6.64. The highest BCUT2D eigenvalue weighted by atomic mass is 19.4. The second-order valence-corrected chi connectivity index (χ2v) is 10.3. The van der Waals surface area contributed by atoms with Gasteiger partial charge in [-0.05, 0) is 63.8 Å². The van der Waals surface area contributed by atoms with Crippen LogP contribution in [-0.4, -0.2) is 12.8 Å². The fourth-order valence-electron chi connectivity index (χ4n) is 5.86. The smallest absolute Gasteiger partial charge is 0.413 e. The first-order chi connectivity index (χ1) is 18.9. The Morgan fingerprint density at radius 2 is 1.64 bits per heavy atom. The topological polar surface area (TPSA) is 9.23 Å². The van der Waals surface area contributed by atoms with Gasteiger partial charge in [0.15, 0.2) is 0 Å². The third kappa shape index (κ3) is 5.04. The Bertz CT molecular complexity index is 1650. The molecule has 0 aromatic heterocycles. The molecule has 0 amide bonds. The normalized spacial score (nSPS) is 20.5. The van der Waals surface area contributed by atoms with Gasteiger partial charge in [0.1, 0.15) is 12.4 Å². The number of para-hydroxylation sites is 1. The number of fused-ring (bicyclic) bond motifs is 5. The highest BCUT2D eigenvalue weighted by molar-refractivity contribution is 5.83. The number of rotatable bonds is 1. The van der Waals surface area contributed by atoms with E-state index in [2.05, 4.69) is 48.6 Å². The van der Waals surface area contributed by atoms with Crippen LogP contribution in [0, 0.1) is 5.92 Å². The molecule has 2 atom stereocenters. The van der Waals surface area contributed by atoms with Crippen molar-refractivity contribution in [2.45, 2.75) is 31.9 Å². The van der Waals surface area contributed by atoms with E-state index in [0.717, 1.165) is 34.6 Å². The molecule has 0 N–H and O–H groups in total. The molecule has 0 bridgehead atoms. The number of benzene rings is 3. The fourth-order valence-corrected chi connectivity index (χ4v) is 5.86. The molecule has 3 aromatic rings. The van der Waals surface area contributed by atoms with Crippen molar-refractivity contribution in [1.29, 1.82) is 0 Å². The molecule has 0 radical (unpaired) electrons. The Morgan fingerprint density at radius 3 is 2.44 bits per heavy atom. The number of hydrogen-bond acceptors (Lipinski definition) is 1. The molecule has 0 spiro atoms. The summed E-state index contributed by atoms with van der Waals surface area (Å²) in [5.74, 6) is 0.735. The van der Waals surface area contributed by atoms with Crippen LogP contribution in [-0.2, 0) is 0 Å². The lowest BCUT2D eigenvalue weighted by Crippen LogP contribution is -2.36. The molecule has 0 saturated carbocycles. The molecular weight excluding hydrogens is 493 g/mol. The Morgan fingerprint density at radius 1 is 0.846 bits per heavy atom. The molecule has 1 nitrogen and oxygen atoms in total. The van der Waals surface area contributed by atoms with Crippen molar-refractivity contribution < 1.29 is 17.9 Å². The van der Waals surface area contributed by atoms with E-state index in [1.807, 2.05) is 48.5 Å². The minimum absolute atomic E-state index is 0.381. The van der Waals surface area contributed by atoms with E-state index in [1.165, 1.54) is 28.3 Å². The number of ether oxygens (including phenoxy) is 1. The highest BCUT2D eigenvalue weighted by Gasteiger charge is 2.37. The molecule has 1 aliphatic heterocycles. The maximum absolute atomic E-state index is 13.3. The van der Waals surface area contributed by atoms with Crippen molar-refractivity contribution >= 4 is 29.9 Å². The zero-order valence-corrected chi connectivity index (χ0v) is 21.7. The fraction of sp³-hybridized carbons (Fsp3) is 0.200. The lowest BCUT2D eigenvalue weighted by atomic mass is 9.78. The van der Waals surface area contributed by atoms with Crippen LogP contribution in [0.4, 0.5) is 13.2 Å². The maximum atomic E-state index is 13.3. The quantitative estimate of drug-likeness (QED) is 0.316. The standard InChI is InChI=1S/C26H21F3.C9H8O/c1-16-13-24-20(15-25(16)26(27,28)29)9-11-22-21-10-7-18(17-5-3-2-4-6-17)14-19(21)8-12-23(22)24;1-2-6-9-8(4-1)5-3-7-10-9/h2-7,9-13,15-16,18H,8,14H2,1H3;1-6H,7H2. The molecule has 3 aromatic carbocycles. The Balaban J connectivity index is 0.000000231. The summed E-state index contributed by atoms with van der Waals surface area (Å²) >= 11 is 0. The monoisotopic (exact) mass is 522 g/mol. The molecule has 4 heteroatoms. The minimum Gasteiger partial charge on any atom is -0.489 e. The summed E-state index contributed by atoms with van der Waals surface area (Å²) in [5.41, 5.74) is 6.47. The van der Waals surface area contributed by atoms with E-state index in [1.54, 1.807) is 13.0 Å². The molecular formula is C35H29F3O. The molecule has 1 heterocycles. The summed E-state index contributed by atoms with van der Waals surface area (Å²) in [5, 5.41) is 2.02. The minimum atomic E-state index is -4.29. The molecule has 196 valence electrons. The van der Waals surface area contributed by atoms with Crippen molar-refractivity contribution in [1.82, 2.24) is 0 Å². The second kappa shape index (κ2) is 10.3. The molecule has 3 aliphatic carbocycles. The van der Waals surface area contributed by atoms with E-state index in [0.29, 0.717) is 18.1 Å². The van der Waals surface area contributed by atoms with Crippen molar-refractivity contribution in [2.75, 3.05) is 6.61 Å². The van der Waals surface area contributed by atoms with Gasteiger partial charge in [0, 0.05) is 23.0 Å². The van der Waals surface area contributed by atoms with Gasteiger partial charge >= 0.3 is 6.18 Å². The zero-order valence-electron chi connectivity index (χ0n) is 21.7. The van der Waals surface area contributed by atoms with Gasteiger partial charge in [0.2, 0.25) is 0 Å². The lowest BCUT2D eigenvalue weighted by molar-refractivity contribution is -0.0951. The van der Waals surface area contributed by atoms with Crippen LogP contribution in [0.2, 0.25) is 0 Å². The van der Waals surface area contributed by atoms with E-state index >= 15 is 0 Å². The van der Waals surface area contributed by atoms with Crippen LogP contribution in [0.5, 0.6) is 5.75 Å². The molecule has 0 fully saturated rings. The van der Waals surface area contributed by atoms with Crippen molar-refractivity contribution in [2.24, 2.45) is 5.92 Å². The van der Waals surface area contributed by atoms with E-state index < -0.39 is 17.7 Å². The van der Waals surface area contributed by atoms with Gasteiger partial charge in [0.25, 0.3) is 0 Å². The summed E-state index contributed by atoms with van der Waals surface area (Å²) < 4.78 is 45.3. The predicted octanol–water partition coefficient (Wildman–Crippen LogP) is 7.84. The number of allylic oxidation sites excluding steroid dienone is 5. The van der Waals surface area contributed by atoms with E-state index in [9.17, 15) is 13.2 Å². The van der Waals surface area contributed by atoms with Gasteiger partial charge < -0.3 is 4.74 Å². The zero-order chi connectivity index (χ0) is 27.0. The summed E-state index contributed by atoms with van der Waals surface area (Å²) in [7, 11) is 0. The lowest BCUT2D eigenvalue weighted by Gasteiger charge is -2.27. The molecule has 4 aliphatic rings. The largest absolute Gasteiger partial charge is 0.489 e. The third-order valence-corrected chi connectivity index (χ3v) is 7.83. The molecule has 2 unspecified atom stereocenters. The number of alkyl halides is 3. The van der Waals surface area contributed by atoms with Gasteiger partial charge in [-0.25, -0.2) is 0 Å².